The van der Waals surface area contributed by atoms with E-state index in [4.69, 9.17) is 4.74 Å². The van der Waals surface area contributed by atoms with Crippen molar-refractivity contribution in [2.45, 2.75) is 45.3 Å². The molecule has 2 atom stereocenters. The van der Waals surface area contributed by atoms with E-state index in [1.165, 1.54) is 0 Å². The minimum absolute atomic E-state index is 0.123. The van der Waals surface area contributed by atoms with Crippen molar-refractivity contribution in [1.29, 1.82) is 0 Å². The van der Waals surface area contributed by atoms with E-state index in [9.17, 15) is 14.4 Å². The Morgan fingerprint density at radius 1 is 1.00 bits per heavy atom. The molecule has 1 aromatic heterocycles. The Labute approximate surface area is 253 Å². The fourth-order valence-electron chi connectivity index (χ4n) is 6.09. The van der Waals surface area contributed by atoms with Gasteiger partial charge in [0, 0.05) is 68.5 Å². The molecular weight excluding hydrogens is 544 g/mol. The number of carbonyl (C=O) groups is 3. The highest BCUT2D eigenvalue weighted by atomic mass is 16.6. The molecular formula is C33H44N6O4. The number of hydrogen-bond donors (Lipinski definition) is 2. The summed E-state index contributed by atoms with van der Waals surface area (Å²) < 4.78 is 5.50. The van der Waals surface area contributed by atoms with Gasteiger partial charge in [-0.1, -0.05) is 36.4 Å². The molecule has 10 nitrogen and oxygen atoms in total. The first-order chi connectivity index (χ1) is 20.5. The van der Waals surface area contributed by atoms with Gasteiger partial charge in [0.1, 0.15) is 11.6 Å². The summed E-state index contributed by atoms with van der Waals surface area (Å²) in [5, 5.41) is 4.12. The first-order valence-electron chi connectivity index (χ1n) is 15.1. The zero-order valence-electron chi connectivity index (χ0n) is 25.9. The lowest BCUT2D eigenvalue weighted by atomic mass is 9.91. The molecule has 0 radical (unpaired) electrons. The van der Waals surface area contributed by atoms with Gasteiger partial charge in [-0.05, 0) is 70.5 Å². The lowest BCUT2D eigenvalue weighted by molar-refractivity contribution is -0.120. The van der Waals surface area contributed by atoms with Crippen molar-refractivity contribution >= 4 is 34.6 Å². The van der Waals surface area contributed by atoms with Crippen LogP contribution in [-0.4, -0.2) is 103 Å². The minimum atomic E-state index is -0.776. The van der Waals surface area contributed by atoms with Crippen LogP contribution >= 0.6 is 0 Å². The molecule has 1 saturated heterocycles. The number of amides is 4. The molecule has 5 rings (SSSR count). The van der Waals surface area contributed by atoms with Crippen LogP contribution in [0.3, 0.4) is 0 Å². The standard InChI is InChI=1S/C33H44N6O4/c1-33(2,3)43-32(42)38-16-14-37(15-17-38)31(41)35-28(19-25-20-34-27-12-8-7-11-26(25)27)30(40)39-22-23(21-36(4)5)18-24-10-6-9-13-29(24)39/h6-13,20,23,28,34H,14-19,21-22H2,1-5H3,(H,35,41). The van der Waals surface area contributed by atoms with Crippen molar-refractivity contribution in [1.82, 2.24) is 25.0 Å². The number of nitrogens with one attached hydrogen (secondary N) is 2. The van der Waals surface area contributed by atoms with Crippen LogP contribution in [0.25, 0.3) is 10.9 Å². The fourth-order valence-corrected chi connectivity index (χ4v) is 6.09. The SMILES string of the molecule is CN(C)CC1Cc2ccccc2N(C(=O)C(Cc2c[nH]c3ccccc23)NC(=O)N2CCN(C(=O)OC(C)(C)C)CC2)C1. The smallest absolute Gasteiger partial charge is 0.410 e. The van der Waals surface area contributed by atoms with Crippen molar-refractivity contribution in [2.75, 3.05) is 58.3 Å². The molecule has 3 aromatic rings. The van der Waals surface area contributed by atoms with Gasteiger partial charge in [0.05, 0.1) is 0 Å². The summed E-state index contributed by atoms with van der Waals surface area (Å²) in [6, 6.07) is 15.0. The van der Waals surface area contributed by atoms with Gasteiger partial charge in [-0.15, -0.1) is 0 Å². The lowest BCUT2D eigenvalue weighted by Crippen LogP contribution is -2.58. The summed E-state index contributed by atoms with van der Waals surface area (Å²) in [7, 11) is 4.10. The molecule has 230 valence electrons. The number of nitrogens with zero attached hydrogens (tertiary/aromatic N) is 4. The third kappa shape index (κ3) is 7.30. The molecule has 1 fully saturated rings. The Hall–Kier alpha value is -4.05. The lowest BCUT2D eigenvalue weighted by Gasteiger charge is -2.39. The first kappa shape index (κ1) is 30.4. The first-order valence-corrected chi connectivity index (χ1v) is 15.1. The Kier molecular flexibility index (Phi) is 8.96. The maximum atomic E-state index is 14.4. The average Bonchev–Trinajstić information content (AvgIpc) is 3.37. The highest BCUT2D eigenvalue weighted by Crippen LogP contribution is 2.31. The largest absolute Gasteiger partial charge is 0.444 e. The highest BCUT2D eigenvalue weighted by Gasteiger charge is 2.35. The molecule has 2 unspecified atom stereocenters. The summed E-state index contributed by atoms with van der Waals surface area (Å²) in [5.41, 5.74) is 3.43. The van der Waals surface area contributed by atoms with Crippen LogP contribution in [0.4, 0.5) is 15.3 Å². The molecule has 2 N–H and O–H groups in total. The quantitative estimate of drug-likeness (QED) is 0.452. The van der Waals surface area contributed by atoms with E-state index < -0.39 is 11.6 Å². The molecule has 0 bridgehead atoms. The molecule has 0 spiro atoms. The molecule has 2 aromatic carbocycles. The van der Waals surface area contributed by atoms with Crippen LogP contribution in [0.15, 0.2) is 54.7 Å². The molecule has 2 aliphatic heterocycles. The number of piperazine rings is 1. The van der Waals surface area contributed by atoms with Crippen LogP contribution in [-0.2, 0) is 22.4 Å². The van der Waals surface area contributed by atoms with Crippen LogP contribution in [0, 0.1) is 5.92 Å². The van der Waals surface area contributed by atoms with E-state index in [1.54, 1.807) is 9.80 Å². The van der Waals surface area contributed by atoms with Crippen LogP contribution < -0.4 is 10.2 Å². The maximum Gasteiger partial charge on any atom is 0.410 e. The van der Waals surface area contributed by atoms with Gasteiger partial charge in [-0.2, -0.15) is 0 Å². The van der Waals surface area contributed by atoms with Gasteiger partial charge in [0.15, 0.2) is 0 Å². The van der Waals surface area contributed by atoms with E-state index in [2.05, 4.69) is 35.4 Å². The Bertz CT molecular complexity index is 1450. The number of aromatic nitrogens is 1. The van der Waals surface area contributed by atoms with Crippen molar-refractivity contribution < 1.29 is 19.1 Å². The Morgan fingerprint density at radius 3 is 2.40 bits per heavy atom. The number of ether oxygens (including phenoxy) is 1. The molecule has 0 saturated carbocycles. The molecule has 3 heterocycles. The van der Waals surface area contributed by atoms with Gasteiger partial charge in [0.25, 0.3) is 0 Å². The predicted molar refractivity (Wildman–Crippen MR) is 168 cm³/mol. The van der Waals surface area contributed by atoms with Crippen LogP contribution in [0.1, 0.15) is 31.9 Å². The second-order valence-corrected chi connectivity index (χ2v) is 12.9. The van der Waals surface area contributed by atoms with E-state index in [1.807, 2.05) is 74.3 Å². The number of aromatic amines is 1. The number of H-pyrrole nitrogens is 1. The number of benzene rings is 2. The normalized spacial score (nSPS) is 18.0. The van der Waals surface area contributed by atoms with Crippen molar-refractivity contribution in [3.63, 3.8) is 0 Å². The van der Waals surface area contributed by atoms with E-state index in [0.717, 1.165) is 40.7 Å². The molecule has 4 amide bonds. The fraction of sp³-hybridized carbons (Fsp3) is 0.485. The molecule has 10 heteroatoms. The number of hydrogen-bond acceptors (Lipinski definition) is 5. The second kappa shape index (κ2) is 12.7. The highest BCUT2D eigenvalue weighted by molar-refractivity contribution is 6.00. The summed E-state index contributed by atoms with van der Waals surface area (Å²) in [5.74, 6) is 0.154. The third-order valence-corrected chi connectivity index (χ3v) is 8.03. The number of fused-ring (bicyclic) bond motifs is 2. The topological polar surface area (TPSA) is 101 Å². The summed E-state index contributed by atoms with van der Waals surface area (Å²) in [6.45, 7) is 8.41. The molecule has 43 heavy (non-hydrogen) atoms. The number of carbonyl (C=O) groups excluding carboxylic acids is 3. The van der Waals surface area contributed by atoms with Crippen molar-refractivity contribution in [2.24, 2.45) is 5.92 Å². The number of para-hydroxylation sites is 2. The number of anilines is 1. The Morgan fingerprint density at radius 2 is 1.67 bits per heavy atom. The molecule has 0 aliphatic carbocycles. The number of rotatable bonds is 6. The monoisotopic (exact) mass is 588 g/mol. The number of urea groups is 1. The Balaban J connectivity index is 1.36. The zero-order chi connectivity index (χ0) is 30.7. The summed E-state index contributed by atoms with van der Waals surface area (Å²) in [4.78, 5) is 51.3. The second-order valence-electron chi connectivity index (χ2n) is 12.9. The minimum Gasteiger partial charge on any atom is -0.444 e. The average molecular weight is 589 g/mol. The predicted octanol–water partition coefficient (Wildman–Crippen LogP) is 4.11. The van der Waals surface area contributed by atoms with Crippen LogP contribution in [0.2, 0.25) is 0 Å². The van der Waals surface area contributed by atoms with Gasteiger partial charge in [-0.3, -0.25) is 4.79 Å². The molecule has 2 aliphatic rings. The van der Waals surface area contributed by atoms with Gasteiger partial charge in [0.2, 0.25) is 5.91 Å². The van der Waals surface area contributed by atoms with Gasteiger partial charge in [-0.25, -0.2) is 9.59 Å². The zero-order valence-corrected chi connectivity index (χ0v) is 25.9. The third-order valence-electron chi connectivity index (χ3n) is 8.03. The summed E-state index contributed by atoms with van der Waals surface area (Å²) in [6.07, 6.45) is 2.80. The van der Waals surface area contributed by atoms with Crippen molar-refractivity contribution in [3.8, 4) is 0 Å². The van der Waals surface area contributed by atoms with Crippen molar-refractivity contribution in [3.05, 3.63) is 65.9 Å². The van der Waals surface area contributed by atoms with Gasteiger partial charge >= 0.3 is 12.1 Å². The maximum absolute atomic E-state index is 14.4. The van der Waals surface area contributed by atoms with E-state index in [-0.39, 0.29) is 23.9 Å². The van der Waals surface area contributed by atoms with Gasteiger partial charge < -0.3 is 34.6 Å². The van der Waals surface area contributed by atoms with E-state index >= 15 is 0 Å². The summed E-state index contributed by atoms with van der Waals surface area (Å²) >= 11 is 0. The van der Waals surface area contributed by atoms with E-state index in [0.29, 0.717) is 39.1 Å². The van der Waals surface area contributed by atoms with Crippen LogP contribution in [0.5, 0.6) is 0 Å².